The number of phenols is 1. The summed E-state index contributed by atoms with van der Waals surface area (Å²) in [6.45, 7) is 4.72. The molecule has 0 spiro atoms. The molecule has 0 bridgehead atoms. The second-order valence-electron chi connectivity index (χ2n) is 6.88. The Kier molecular flexibility index (Phi) is 5.28. The van der Waals surface area contributed by atoms with Crippen LogP contribution in [0.3, 0.4) is 0 Å². The monoisotopic (exact) mass is 367 g/mol. The van der Waals surface area contributed by atoms with Gasteiger partial charge in [-0.1, -0.05) is 12.1 Å². The van der Waals surface area contributed by atoms with Gasteiger partial charge in [0.1, 0.15) is 17.9 Å². The summed E-state index contributed by atoms with van der Waals surface area (Å²) in [6.07, 6.45) is 0. The number of anilines is 1. The second kappa shape index (κ2) is 7.63. The molecule has 1 heterocycles. The zero-order valence-corrected chi connectivity index (χ0v) is 15.6. The summed E-state index contributed by atoms with van der Waals surface area (Å²) < 4.78 is 5.15. The van der Waals surface area contributed by atoms with Crippen molar-refractivity contribution in [2.24, 2.45) is 0 Å². The highest BCUT2D eigenvalue weighted by molar-refractivity contribution is 5.92. The van der Waals surface area contributed by atoms with Crippen LogP contribution in [0.15, 0.2) is 51.7 Å². The first-order valence-electron chi connectivity index (χ1n) is 8.76. The Morgan fingerprint density at radius 1 is 1.19 bits per heavy atom. The minimum absolute atomic E-state index is 0.0383. The summed E-state index contributed by atoms with van der Waals surface area (Å²) in [4.78, 5) is 25.1. The van der Waals surface area contributed by atoms with Crippen LogP contribution in [0.25, 0.3) is 11.0 Å². The first kappa shape index (κ1) is 18.7. The van der Waals surface area contributed by atoms with Gasteiger partial charge in [-0.05, 0) is 43.2 Å². The van der Waals surface area contributed by atoms with E-state index < -0.39 is 5.63 Å². The van der Waals surface area contributed by atoms with E-state index in [1.165, 1.54) is 12.1 Å². The fourth-order valence-corrected chi connectivity index (χ4v) is 3.11. The molecule has 3 rings (SSSR count). The van der Waals surface area contributed by atoms with Gasteiger partial charge in [0.15, 0.2) is 6.54 Å². The number of likely N-dealkylation sites (N-methyl/N-ethyl adjacent to an activating group) is 1. The lowest BCUT2D eigenvalue weighted by atomic mass is 10.1. The van der Waals surface area contributed by atoms with Crippen LogP contribution >= 0.6 is 0 Å². The van der Waals surface area contributed by atoms with E-state index >= 15 is 0 Å². The number of benzene rings is 2. The number of carbonyl (C=O) groups is 1. The van der Waals surface area contributed by atoms with E-state index in [-0.39, 0.29) is 18.2 Å². The molecule has 3 N–H and O–H groups in total. The molecular weight excluding hydrogens is 344 g/mol. The Hall–Kier alpha value is -3.12. The molecule has 1 atom stereocenters. The van der Waals surface area contributed by atoms with Crippen LogP contribution in [-0.2, 0) is 11.3 Å². The molecule has 1 amide bonds. The predicted octanol–water partition coefficient (Wildman–Crippen LogP) is 1.77. The third kappa shape index (κ3) is 4.35. The molecule has 6 nitrogen and oxygen atoms in total. The highest BCUT2D eigenvalue weighted by Gasteiger charge is 2.15. The minimum Gasteiger partial charge on any atom is -0.508 e. The van der Waals surface area contributed by atoms with Crippen molar-refractivity contribution in [3.63, 3.8) is 0 Å². The van der Waals surface area contributed by atoms with E-state index in [1.807, 2.05) is 39.1 Å². The summed E-state index contributed by atoms with van der Waals surface area (Å²) in [5.41, 5.74) is 3.63. The topological polar surface area (TPSA) is 84.0 Å². The van der Waals surface area contributed by atoms with E-state index in [9.17, 15) is 14.7 Å². The van der Waals surface area contributed by atoms with Gasteiger partial charge in [0.2, 0.25) is 0 Å². The summed E-state index contributed by atoms with van der Waals surface area (Å²) in [7, 11) is 1.89. The number of amides is 1. The van der Waals surface area contributed by atoms with Crippen molar-refractivity contribution in [1.82, 2.24) is 0 Å². The zero-order chi connectivity index (χ0) is 19.6. The molecule has 0 radical (unpaired) electrons. The molecule has 0 fully saturated rings. The molecule has 0 saturated carbocycles. The lowest BCUT2D eigenvalue weighted by Crippen LogP contribution is -3.08. The van der Waals surface area contributed by atoms with Crippen LogP contribution in [0.1, 0.15) is 16.7 Å². The highest BCUT2D eigenvalue weighted by atomic mass is 16.4. The first-order valence-corrected chi connectivity index (χ1v) is 8.76. The SMILES string of the molecule is Cc1cccc(NC(=O)C[NH+](C)Cc2cc(=O)oc3cc(O)ccc23)c1C. The molecule has 6 heteroatoms. The van der Waals surface area contributed by atoms with E-state index in [0.717, 1.165) is 32.7 Å². The van der Waals surface area contributed by atoms with Gasteiger partial charge in [-0.3, -0.25) is 4.79 Å². The average molecular weight is 367 g/mol. The number of fused-ring (bicyclic) bond motifs is 1. The Morgan fingerprint density at radius 3 is 2.74 bits per heavy atom. The molecule has 0 aliphatic heterocycles. The van der Waals surface area contributed by atoms with Crippen LogP contribution < -0.4 is 15.8 Å². The van der Waals surface area contributed by atoms with E-state index in [4.69, 9.17) is 4.42 Å². The molecule has 1 aromatic heterocycles. The first-order chi connectivity index (χ1) is 12.8. The van der Waals surface area contributed by atoms with Gasteiger partial charge in [0, 0.05) is 28.8 Å². The molecule has 3 aromatic rings. The summed E-state index contributed by atoms with van der Waals surface area (Å²) in [5.74, 6) is -0.0532. The summed E-state index contributed by atoms with van der Waals surface area (Å²) in [5, 5.41) is 13.3. The number of nitrogens with one attached hydrogen (secondary N) is 2. The van der Waals surface area contributed by atoms with Gasteiger partial charge in [0.25, 0.3) is 5.91 Å². The number of rotatable bonds is 5. The maximum atomic E-state index is 12.4. The van der Waals surface area contributed by atoms with Crippen LogP contribution in [0.4, 0.5) is 5.69 Å². The van der Waals surface area contributed by atoms with E-state index in [1.54, 1.807) is 12.1 Å². The van der Waals surface area contributed by atoms with Crippen molar-refractivity contribution in [2.45, 2.75) is 20.4 Å². The molecule has 0 aliphatic rings. The Morgan fingerprint density at radius 2 is 1.96 bits per heavy atom. The summed E-state index contributed by atoms with van der Waals surface area (Å²) >= 11 is 0. The minimum atomic E-state index is -0.476. The number of quaternary nitrogens is 1. The lowest BCUT2D eigenvalue weighted by molar-refractivity contribution is -0.885. The number of hydrogen-bond donors (Lipinski definition) is 3. The van der Waals surface area contributed by atoms with Crippen LogP contribution in [0, 0.1) is 13.8 Å². The molecule has 1 unspecified atom stereocenters. The maximum absolute atomic E-state index is 12.4. The quantitative estimate of drug-likeness (QED) is 0.600. The van der Waals surface area contributed by atoms with Crippen molar-refractivity contribution >= 4 is 22.6 Å². The van der Waals surface area contributed by atoms with Gasteiger partial charge >= 0.3 is 5.63 Å². The van der Waals surface area contributed by atoms with Crippen molar-refractivity contribution in [3.8, 4) is 5.75 Å². The van der Waals surface area contributed by atoms with Gasteiger partial charge in [-0.25, -0.2) is 4.79 Å². The van der Waals surface area contributed by atoms with Crippen molar-refractivity contribution in [2.75, 3.05) is 18.9 Å². The largest absolute Gasteiger partial charge is 0.508 e. The molecule has 0 aliphatic carbocycles. The fraction of sp³-hybridized carbons (Fsp3) is 0.238. The Labute approximate surface area is 157 Å². The normalized spacial score (nSPS) is 12.1. The van der Waals surface area contributed by atoms with E-state index in [2.05, 4.69) is 5.32 Å². The molecule has 27 heavy (non-hydrogen) atoms. The smallest absolute Gasteiger partial charge is 0.336 e. The molecule has 2 aromatic carbocycles. The van der Waals surface area contributed by atoms with Gasteiger partial charge in [0.05, 0.1) is 7.05 Å². The molecule has 0 saturated heterocycles. The Bertz CT molecular complexity index is 1060. The fourth-order valence-electron chi connectivity index (χ4n) is 3.11. The van der Waals surface area contributed by atoms with Crippen molar-refractivity contribution in [1.29, 1.82) is 0 Å². The third-order valence-corrected chi connectivity index (χ3v) is 4.65. The zero-order valence-electron chi connectivity index (χ0n) is 15.6. The summed E-state index contributed by atoms with van der Waals surface area (Å²) in [6, 6.07) is 11.9. The van der Waals surface area contributed by atoms with Crippen molar-refractivity contribution < 1.29 is 19.2 Å². The highest BCUT2D eigenvalue weighted by Crippen LogP contribution is 2.21. The predicted molar refractivity (Wildman–Crippen MR) is 104 cm³/mol. The molecule has 140 valence electrons. The number of carbonyl (C=O) groups excluding carboxylic acids is 1. The van der Waals surface area contributed by atoms with Gasteiger partial charge < -0.3 is 19.7 Å². The van der Waals surface area contributed by atoms with E-state index in [0.29, 0.717) is 12.1 Å². The Balaban J connectivity index is 1.73. The second-order valence-corrected chi connectivity index (χ2v) is 6.88. The average Bonchev–Trinajstić information content (AvgIpc) is 2.58. The standard InChI is InChI=1S/C21H22N2O4/c1-13-5-4-6-18(14(13)2)22-20(25)12-23(3)11-15-9-21(26)27-19-10-16(24)7-8-17(15)19/h4-10,24H,11-12H2,1-3H3,(H,22,25)/p+1. The van der Waals surface area contributed by atoms with Crippen LogP contribution in [-0.4, -0.2) is 24.6 Å². The maximum Gasteiger partial charge on any atom is 0.336 e. The lowest BCUT2D eigenvalue weighted by Gasteiger charge is -2.16. The van der Waals surface area contributed by atoms with Crippen LogP contribution in [0.5, 0.6) is 5.75 Å². The number of aromatic hydroxyl groups is 1. The van der Waals surface area contributed by atoms with Crippen molar-refractivity contribution in [3.05, 3.63) is 69.6 Å². The third-order valence-electron chi connectivity index (χ3n) is 4.65. The number of phenolic OH excluding ortho intramolecular Hbond substituents is 1. The molecular formula is C21H23N2O4+. The number of aryl methyl sites for hydroxylation is 1. The van der Waals surface area contributed by atoms with Gasteiger partial charge in [-0.15, -0.1) is 0 Å². The van der Waals surface area contributed by atoms with Gasteiger partial charge in [-0.2, -0.15) is 0 Å². The van der Waals surface area contributed by atoms with Crippen LogP contribution in [0.2, 0.25) is 0 Å². The number of hydrogen-bond acceptors (Lipinski definition) is 4.